The third-order valence-corrected chi connectivity index (χ3v) is 6.24. The number of carbonyl (C=O) groups is 2. The summed E-state index contributed by atoms with van der Waals surface area (Å²) >= 11 is 0. The summed E-state index contributed by atoms with van der Waals surface area (Å²) in [5.41, 5.74) is 2.54. The molecule has 1 N–H and O–H groups in total. The standard InChI is InChI=1S/C23H30N5O3P/c1-14-17(8-7-9-20(14)31-6)11-27-22(30)28(21(29)23(27,4)5)18-10-25-26(12-18)13-19(15(2)24)16(3)32/h7-10,12,24H,11,13,32H2,1-6H3. The van der Waals surface area contributed by atoms with Gasteiger partial charge in [-0.3, -0.25) is 9.48 Å². The number of nitrogens with one attached hydrogen (secondary N) is 1. The Balaban J connectivity index is 1.90. The maximum absolute atomic E-state index is 13.4. The van der Waals surface area contributed by atoms with Gasteiger partial charge in [-0.15, -0.1) is 9.24 Å². The molecule has 170 valence electrons. The molecule has 8 nitrogen and oxygen atoms in total. The van der Waals surface area contributed by atoms with Gasteiger partial charge in [0.05, 0.1) is 25.5 Å². The number of hydrogen-bond acceptors (Lipinski definition) is 5. The lowest BCUT2D eigenvalue weighted by Gasteiger charge is -2.28. The molecule has 1 fully saturated rings. The van der Waals surface area contributed by atoms with Crippen molar-refractivity contribution in [2.45, 2.75) is 53.2 Å². The molecule has 1 atom stereocenters. The monoisotopic (exact) mass is 455 g/mol. The van der Waals surface area contributed by atoms with Gasteiger partial charge >= 0.3 is 6.03 Å². The summed E-state index contributed by atoms with van der Waals surface area (Å²) in [7, 11) is 4.22. The number of benzene rings is 1. The van der Waals surface area contributed by atoms with Crippen molar-refractivity contribution in [3.05, 3.63) is 52.6 Å². The van der Waals surface area contributed by atoms with E-state index in [9.17, 15) is 9.59 Å². The van der Waals surface area contributed by atoms with E-state index in [1.807, 2.05) is 32.0 Å². The summed E-state index contributed by atoms with van der Waals surface area (Å²) in [6.45, 7) is 9.76. The molecule has 1 aliphatic heterocycles. The molecule has 3 rings (SSSR count). The highest BCUT2D eigenvalue weighted by Gasteiger charge is 2.52. The minimum absolute atomic E-state index is 0.289. The zero-order valence-corrected chi connectivity index (χ0v) is 20.5. The fourth-order valence-electron chi connectivity index (χ4n) is 3.81. The lowest BCUT2D eigenvalue weighted by molar-refractivity contribution is -0.123. The zero-order chi connectivity index (χ0) is 23.8. The molecular weight excluding hydrogens is 425 g/mol. The maximum Gasteiger partial charge on any atom is 0.332 e. The topological polar surface area (TPSA) is 91.5 Å². The number of nitrogens with zero attached hydrogens (tertiary/aromatic N) is 4. The third kappa shape index (κ3) is 4.19. The Labute approximate surface area is 190 Å². The number of carbonyl (C=O) groups excluding carboxylic acids is 2. The minimum atomic E-state index is -1.01. The van der Waals surface area contributed by atoms with E-state index in [1.54, 1.807) is 43.7 Å². The van der Waals surface area contributed by atoms with Crippen LogP contribution in [0.15, 0.2) is 41.5 Å². The van der Waals surface area contributed by atoms with Gasteiger partial charge in [0.25, 0.3) is 5.91 Å². The minimum Gasteiger partial charge on any atom is -0.496 e. The molecule has 3 amide bonds. The number of ether oxygens (including phenoxy) is 1. The van der Waals surface area contributed by atoms with Gasteiger partial charge < -0.3 is 15.0 Å². The first-order valence-corrected chi connectivity index (χ1v) is 10.9. The van der Waals surface area contributed by atoms with Crippen molar-refractivity contribution in [1.29, 1.82) is 5.41 Å². The van der Waals surface area contributed by atoms with E-state index in [0.29, 0.717) is 17.9 Å². The molecule has 2 aromatic rings. The van der Waals surface area contributed by atoms with Crippen LogP contribution in [-0.4, -0.2) is 45.0 Å². The first-order valence-electron chi connectivity index (χ1n) is 10.3. The van der Waals surface area contributed by atoms with Crippen LogP contribution < -0.4 is 9.64 Å². The molecular formula is C23H30N5O3P. The Morgan fingerprint density at radius 2 is 1.94 bits per heavy atom. The number of imide groups is 1. The van der Waals surface area contributed by atoms with E-state index >= 15 is 0 Å². The largest absolute Gasteiger partial charge is 0.496 e. The molecule has 1 saturated heterocycles. The average Bonchev–Trinajstić information content (AvgIpc) is 3.24. The van der Waals surface area contributed by atoms with Crippen LogP contribution in [0.2, 0.25) is 0 Å². The quantitative estimate of drug-likeness (QED) is 0.386. The van der Waals surface area contributed by atoms with Gasteiger partial charge in [-0.05, 0) is 62.7 Å². The first-order chi connectivity index (χ1) is 15.0. The van der Waals surface area contributed by atoms with E-state index in [4.69, 9.17) is 10.1 Å². The number of urea groups is 1. The second kappa shape index (κ2) is 8.87. The van der Waals surface area contributed by atoms with Crippen LogP contribution in [-0.2, 0) is 17.9 Å². The Kier molecular flexibility index (Phi) is 6.56. The molecule has 1 aromatic carbocycles. The fourth-order valence-corrected chi connectivity index (χ4v) is 4.11. The van der Waals surface area contributed by atoms with Crippen LogP contribution in [0.25, 0.3) is 0 Å². The van der Waals surface area contributed by atoms with E-state index in [1.165, 1.54) is 11.1 Å². The molecule has 0 bridgehead atoms. The van der Waals surface area contributed by atoms with Gasteiger partial charge in [-0.1, -0.05) is 12.1 Å². The van der Waals surface area contributed by atoms with E-state index < -0.39 is 5.54 Å². The van der Waals surface area contributed by atoms with E-state index in [0.717, 1.165) is 27.8 Å². The first kappa shape index (κ1) is 23.7. The molecule has 0 radical (unpaired) electrons. The lowest BCUT2D eigenvalue weighted by Crippen LogP contribution is -2.43. The molecule has 1 aromatic heterocycles. The Morgan fingerprint density at radius 1 is 1.25 bits per heavy atom. The van der Waals surface area contributed by atoms with Crippen LogP contribution >= 0.6 is 9.24 Å². The summed E-state index contributed by atoms with van der Waals surface area (Å²) in [6.07, 6.45) is 3.18. The highest BCUT2D eigenvalue weighted by Crippen LogP contribution is 2.34. The van der Waals surface area contributed by atoms with Crippen molar-refractivity contribution in [3.8, 4) is 5.75 Å². The number of amides is 3. The number of aromatic nitrogens is 2. The van der Waals surface area contributed by atoms with Gasteiger partial charge in [-0.2, -0.15) is 5.10 Å². The molecule has 9 heteroatoms. The van der Waals surface area contributed by atoms with Crippen LogP contribution in [0.5, 0.6) is 5.75 Å². The lowest BCUT2D eigenvalue weighted by atomic mass is 10.0. The summed E-state index contributed by atoms with van der Waals surface area (Å²) in [5.74, 6) is 0.440. The van der Waals surface area contributed by atoms with Crippen LogP contribution in [0, 0.1) is 12.3 Å². The molecule has 0 spiro atoms. The molecule has 2 heterocycles. The number of rotatable bonds is 7. The number of methoxy groups -OCH3 is 1. The van der Waals surface area contributed by atoms with Gasteiger partial charge in [0.2, 0.25) is 0 Å². The van der Waals surface area contributed by atoms with Gasteiger partial charge in [0, 0.05) is 18.5 Å². The highest BCUT2D eigenvalue weighted by molar-refractivity contribution is 7.22. The second-order valence-corrected chi connectivity index (χ2v) is 9.36. The number of anilines is 1. The maximum atomic E-state index is 13.4. The van der Waals surface area contributed by atoms with Crippen molar-refractivity contribution in [1.82, 2.24) is 14.7 Å². The smallest absolute Gasteiger partial charge is 0.332 e. The van der Waals surface area contributed by atoms with E-state index in [2.05, 4.69) is 14.3 Å². The third-order valence-electron chi connectivity index (χ3n) is 5.89. The zero-order valence-electron chi connectivity index (χ0n) is 19.4. The predicted octanol–water partition coefficient (Wildman–Crippen LogP) is 4.14. The van der Waals surface area contributed by atoms with Gasteiger partial charge in [0.1, 0.15) is 11.3 Å². The number of allylic oxidation sites excluding steroid dienone is 2. The van der Waals surface area contributed by atoms with Gasteiger partial charge in [-0.25, -0.2) is 9.69 Å². The molecule has 0 aliphatic carbocycles. The highest BCUT2D eigenvalue weighted by atomic mass is 31.0. The van der Waals surface area contributed by atoms with Crippen LogP contribution in [0.4, 0.5) is 10.5 Å². The van der Waals surface area contributed by atoms with Crippen molar-refractivity contribution >= 4 is 32.6 Å². The summed E-state index contributed by atoms with van der Waals surface area (Å²) < 4.78 is 7.03. The average molecular weight is 455 g/mol. The van der Waals surface area contributed by atoms with Gasteiger partial charge in [0.15, 0.2) is 0 Å². The van der Waals surface area contributed by atoms with Crippen molar-refractivity contribution in [3.63, 3.8) is 0 Å². The van der Waals surface area contributed by atoms with Crippen LogP contribution in [0.1, 0.15) is 38.8 Å². The Hall–Kier alpha value is -2.99. The van der Waals surface area contributed by atoms with Crippen molar-refractivity contribution in [2.24, 2.45) is 0 Å². The Bertz CT molecular complexity index is 1110. The summed E-state index contributed by atoms with van der Waals surface area (Å²) in [6, 6.07) is 5.30. The van der Waals surface area contributed by atoms with E-state index in [-0.39, 0.29) is 18.5 Å². The molecule has 1 aliphatic rings. The predicted molar refractivity (Wildman–Crippen MR) is 128 cm³/mol. The molecule has 0 saturated carbocycles. The van der Waals surface area contributed by atoms with Crippen molar-refractivity contribution < 1.29 is 14.3 Å². The summed E-state index contributed by atoms with van der Waals surface area (Å²) in [4.78, 5) is 29.4. The summed E-state index contributed by atoms with van der Waals surface area (Å²) in [5, 5.41) is 13.2. The Morgan fingerprint density at radius 3 is 2.53 bits per heavy atom. The second-order valence-electron chi connectivity index (χ2n) is 8.50. The fraction of sp³-hybridized carbons (Fsp3) is 0.391. The number of hydrogen-bond donors (Lipinski definition) is 1. The SMILES string of the molecule is COc1cccc(CN2C(=O)N(c3cnn(CC(C(C)=N)=C(C)P)c3)C(=O)C2(C)C)c1C. The molecule has 1 unspecified atom stereocenters. The van der Waals surface area contributed by atoms with Crippen LogP contribution in [0.3, 0.4) is 0 Å². The normalized spacial score (nSPS) is 16.5. The van der Waals surface area contributed by atoms with Crippen molar-refractivity contribution in [2.75, 3.05) is 12.0 Å². The molecule has 32 heavy (non-hydrogen) atoms.